The van der Waals surface area contributed by atoms with Crippen LogP contribution in [-0.2, 0) is 5.41 Å². The zero-order chi connectivity index (χ0) is 28.3. The lowest BCUT2D eigenvalue weighted by Gasteiger charge is -2.39. The van der Waals surface area contributed by atoms with Crippen LogP contribution in [0.5, 0.6) is 0 Å². The average molecular weight is 572 g/mol. The molecule has 4 aromatic carbocycles. The van der Waals surface area contributed by atoms with Crippen LogP contribution in [-0.4, -0.2) is 11.8 Å². The van der Waals surface area contributed by atoms with Gasteiger partial charge in [0.15, 0.2) is 0 Å². The van der Waals surface area contributed by atoms with Crippen LogP contribution >= 0.6 is 23.2 Å². The van der Waals surface area contributed by atoms with E-state index < -0.39 is 0 Å². The quantitative estimate of drug-likeness (QED) is 0.242. The van der Waals surface area contributed by atoms with Crippen molar-refractivity contribution >= 4 is 46.4 Å². The Morgan fingerprint density at radius 1 is 0.625 bits per heavy atom. The molecule has 1 aliphatic rings. The molecule has 2 amide bonds. The third-order valence-corrected chi connectivity index (χ3v) is 8.66. The summed E-state index contributed by atoms with van der Waals surface area (Å²) in [6.45, 7) is 4.06. The maximum atomic E-state index is 12.9. The molecule has 0 saturated heterocycles. The van der Waals surface area contributed by atoms with E-state index in [-0.39, 0.29) is 17.2 Å². The molecule has 4 aromatic rings. The number of aryl methyl sites for hydroxylation is 2. The highest BCUT2D eigenvalue weighted by atomic mass is 35.5. The van der Waals surface area contributed by atoms with Gasteiger partial charge in [0, 0.05) is 16.8 Å². The molecule has 1 saturated carbocycles. The number of rotatable bonds is 6. The summed E-state index contributed by atoms with van der Waals surface area (Å²) < 4.78 is 0. The van der Waals surface area contributed by atoms with Gasteiger partial charge < -0.3 is 10.6 Å². The molecule has 0 aliphatic heterocycles. The molecule has 0 bridgehead atoms. The third kappa shape index (κ3) is 5.65. The third-order valence-electron chi connectivity index (χ3n) is 8.00. The maximum Gasteiger partial charge on any atom is 0.257 e. The largest absolute Gasteiger partial charge is 0.322 e. The minimum atomic E-state index is -0.223. The Balaban J connectivity index is 1.43. The van der Waals surface area contributed by atoms with Crippen molar-refractivity contribution in [1.29, 1.82) is 0 Å². The molecule has 0 spiro atoms. The number of benzene rings is 4. The number of anilines is 2. The predicted molar refractivity (Wildman–Crippen MR) is 165 cm³/mol. The van der Waals surface area contributed by atoms with Crippen molar-refractivity contribution in [2.24, 2.45) is 0 Å². The van der Waals surface area contributed by atoms with E-state index in [0.717, 1.165) is 48.2 Å². The molecule has 204 valence electrons. The zero-order valence-corrected chi connectivity index (χ0v) is 24.2. The van der Waals surface area contributed by atoms with Gasteiger partial charge in [-0.3, -0.25) is 9.59 Å². The molecular formula is C34H32Cl2N2O2. The van der Waals surface area contributed by atoms with Crippen LogP contribution in [0.25, 0.3) is 0 Å². The van der Waals surface area contributed by atoms with Crippen LogP contribution in [0.4, 0.5) is 11.4 Å². The molecule has 1 aliphatic carbocycles. The Kier molecular flexibility index (Phi) is 8.30. The first-order chi connectivity index (χ1) is 19.3. The lowest BCUT2D eigenvalue weighted by Crippen LogP contribution is -2.31. The molecule has 2 N–H and O–H groups in total. The summed E-state index contributed by atoms with van der Waals surface area (Å²) in [5, 5.41) is 6.91. The fourth-order valence-electron chi connectivity index (χ4n) is 5.77. The van der Waals surface area contributed by atoms with Crippen molar-refractivity contribution in [3.63, 3.8) is 0 Å². The molecular weight excluding hydrogens is 539 g/mol. The van der Waals surface area contributed by atoms with E-state index in [4.69, 9.17) is 23.2 Å². The summed E-state index contributed by atoms with van der Waals surface area (Å²) >= 11 is 12.5. The highest BCUT2D eigenvalue weighted by Crippen LogP contribution is 2.46. The Morgan fingerprint density at radius 3 is 1.45 bits per heavy atom. The lowest BCUT2D eigenvalue weighted by molar-refractivity contribution is 0.101. The molecule has 40 heavy (non-hydrogen) atoms. The molecule has 1 fully saturated rings. The van der Waals surface area contributed by atoms with Crippen LogP contribution in [0.15, 0.2) is 84.9 Å². The molecule has 0 atom stereocenters. The second kappa shape index (κ2) is 11.9. The van der Waals surface area contributed by atoms with E-state index in [1.165, 1.54) is 17.5 Å². The Morgan fingerprint density at radius 2 is 1.05 bits per heavy atom. The smallest absolute Gasteiger partial charge is 0.257 e. The fraction of sp³-hybridized carbons (Fsp3) is 0.235. The first-order valence-electron chi connectivity index (χ1n) is 13.6. The summed E-state index contributed by atoms with van der Waals surface area (Å²) in [7, 11) is 0. The first-order valence-corrected chi connectivity index (χ1v) is 14.4. The second-order valence-electron chi connectivity index (χ2n) is 10.6. The number of carbonyl (C=O) groups excluding carboxylic acids is 2. The lowest BCUT2D eigenvalue weighted by atomic mass is 9.65. The zero-order valence-electron chi connectivity index (χ0n) is 22.7. The van der Waals surface area contributed by atoms with Crippen molar-refractivity contribution in [2.45, 2.75) is 51.4 Å². The van der Waals surface area contributed by atoms with Crippen LogP contribution in [0.2, 0.25) is 10.0 Å². The number of hydrogen-bond acceptors (Lipinski definition) is 2. The minimum Gasteiger partial charge on any atom is -0.322 e. The van der Waals surface area contributed by atoms with E-state index in [1.54, 1.807) is 36.4 Å². The van der Waals surface area contributed by atoms with Gasteiger partial charge in [-0.1, -0.05) is 91.0 Å². The molecule has 5 rings (SSSR count). The summed E-state index contributed by atoms with van der Waals surface area (Å²) in [6, 6.07) is 26.8. The van der Waals surface area contributed by atoms with Gasteiger partial charge in [0.1, 0.15) is 0 Å². The van der Waals surface area contributed by atoms with Gasteiger partial charge in [0.2, 0.25) is 0 Å². The van der Waals surface area contributed by atoms with E-state index in [9.17, 15) is 9.59 Å². The minimum absolute atomic E-state index is 0.135. The summed E-state index contributed by atoms with van der Waals surface area (Å²) in [6.07, 6.45) is 5.60. The average Bonchev–Trinajstić information content (AvgIpc) is 2.96. The number of hydrogen-bond donors (Lipinski definition) is 2. The standard InChI is InChI=1S/C34H32Cl2N2O2/c1-22-20-24(14-16-30(22)37-32(39)26-10-4-6-12-28(26)35)34(18-8-3-9-19-34)25-15-17-31(23(2)21-25)38-33(40)27-11-5-7-13-29(27)36/h4-7,10-17,20-21H,3,8-9,18-19H2,1-2H3,(H,37,39)(H,38,40). The molecule has 0 radical (unpaired) electrons. The van der Waals surface area contributed by atoms with Crippen molar-refractivity contribution in [3.05, 3.63) is 128 Å². The molecule has 0 unspecified atom stereocenters. The monoisotopic (exact) mass is 570 g/mol. The molecule has 0 heterocycles. The number of nitrogens with one attached hydrogen (secondary N) is 2. The van der Waals surface area contributed by atoms with Crippen molar-refractivity contribution in [1.82, 2.24) is 0 Å². The molecule has 6 heteroatoms. The van der Waals surface area contributed by atoms with Crippen LogP contribution in [0, 0.1) is 13.8 Å². The van der Waals surface area contributed by atoms with Gasteiger partial charge in [-0.05, 0) is 85.3 Å². The highest BCUT2D eigenvalue weighted by Gasteiger charge is 2.36. The van der Waals surface area contributed by atoms with Crippen molar-refractivity contribution in [3.8, 4) is 0 Å². The topological polar surface area (TPSA) is 58.2 Å². The van der Waals surface area contributed by atoms with Crippen LogP contribution < -0.4 is 10.6 Å². The maximum absolute atomic E-state index is 12.9. The Hall–Kier alpha value is -3.60. The van der Waals surface area contributed by atoms with E-state index in [2.05, 4.69) is 34.9 Å². The Labute approximate surface area is 245 Å². The van der Waals surface area contributed by atoms with Crippen molar-refractivity contribution < 1.29 is 9.59 Å². The summed E-state index contributed by atoms with van der Waals surface area (Å²) in [5.41, 5.74) is 6.81. The van der Waals surface area contributed by atoms with Gasteiger partial charge in [-0.25, -0.2) is 0 Å². The highest BCUT2D eigenvalue weighted by molar-refractivity contribution is 6.35. The second-order valence-corrected chi connectivity index (χ2v) is 11.4. The van der Waals surface area contributed by atoms with Gasteiger partial charge >= 0.3 is 0 Å². The SMILES string of the molecule is Cc1cc(C2(c3ccc(NC(=O)c4ccccc4Cl)c(C)c3)CCCCC2)ccc1NC(=O)c1ccccc1Cl. The fourth-order valence-corrected chi connectivity index (χ4v) is 6.22. The van der Waals surface area contributed by atoms with Crippen LogP contribution in [0.1, 0.15) is 75.1 Å². The number of carbonyl (C=O) groups is 2. The first kappa shape index (κ1) is 27.9. The van der Waals surface area contributed by atoms with Gasteiger partial charge in [0.05, 0.1) is 21.2 Å². The van der Waals surface area contributed by atoms with Gasteiger partial charge in [-0.15, -0.1) is 0 Å². The van der Waals surface area contributed by atoms with Gasteiger partial charge in [0.25, 0.3) is 11.8 Å². The van der Waals surface area contributed by atoms with E-state index in [0.29, 0.717) is 21.2 Å². The van der Waals surface area contributed by atoms with E-state index >= 15 is 0 Å². The van der Waals surface area contributed by atoms with Crippen molar-refractivity contribution in [2.75, 3.05) is 10.6 Å². The van der Waals surface area contributed by atoms with Crippen LogP contribution in [0.3, 0.4) is 0 Å². The predicted octanol–water partition coefficient (Wildman–Crippen LogP) is 9.37. The number of amides is 2. The normalized spacial score (nSPS) is 14.4. The summed E-state index contributed by atoms with van der Waals surface area (Å²) in [5.74, 6) is -0.447. The molecule has 4 nitrogen and oxygen atoms in total. The number of halogens is 2. The summed E-state index contributed by atoms with van der Waals surface area (Å²) in [4.78, 5) is 25.8. The van der Waals surface area contributed by atoms with E-state index in [1.807, 2.05) is 38.1 Å². The molecule has 0 aromatic heterocycles. The van der Waals surface area contributed by atoms with Gasteiger partial charge in [-0.2, -0.15) is 0 Å². The Bertz CT molecular complexity index is 1460.